The predicted molar refractivity (Wildman–Crippen MR) is 69.8 cm³/mol. The molecule has 1 aliphatic rings. The van der Waals surface area contributed by atoms with Crippen LogP contribution in [0, 0.1) is 11.3 Å². The van der Waals surface area contributed by atoms with E-state index in [2.05, 4.69) is 42.2 Å². The maximum absolute atomic E-state index is 8.67. The molecule has 90 valence electrons. The molecule has 0 bridgehead atoms. The molecule has 0 spiro atoms. The van der Waals surface area contributed by atoms with Gasteiger partial charge in [-0.1, -0.05) is 31.2 Å². The van der Waals surface area contributed by atoms with Crippen LogP contribution in [-0.2, 0) is 6.42 Å². The highest BCUT2D eigenvalue weighted by Crippen LogP contribution is 2.27. The van der Waals surface area contributed by atoms with Crippen LogP contribution in [0.25, 0.3) is 0 Å². The third kappa shape index (κ3) is 3.08. The zero-order valence-corrected chi connectivity index (χ0v) is 10.5. The van der Waals surface area contributed by atoms with Crippen molar-refractivity contribution in [3.8, 4) is 6.07 Å². The van der Waals surface area contributed by atoms with Crippen molar-refractivity contribution < 1.29 is 0 Å². The number of aryl methyl sites for hydroxylation is 1. The molecule has 2 heteroatoms. The lowest BCUT2D eigenvalue weighted by Gasteiger charge is -2.30. The lowest BCUT2D eigenvalue weighted by atomic mass is 9.89. The summed E-state index contributed by atoms with van der Waals surface area (Å²) in [7, 11) is 0. The van der Waals surface area contributed by atoms with Gasteiger partial charge in [0.05, 0.1) is 12.6 Å². The van der Waals surface area contributed by atoms with E-state index in [0.717, 1.165) is 19.5 Å². The van der Waals surface area contributed by atoms with Crippen molar-refractivity contribution in [2.45, 2.75) is 32.1 Å². The minimum atomic E-state index is 0.585. The summed E-state index contributed by atoms with van der Waals surface area (Å²) in [6.45, 7) is 4.90. The fraction of sp³-hybridized carbons (Fsp3) is 0.533. The normalized spacial score (nSPS) is 17.9. The molecule has 0 amide bonds. The molecular formula is C15H20N2. The van der Waals surface area contributed by atoms with Crippen LogP contribution in [0.1, 0.15) is 36.8 Å². The maximum atomic E-state index is 8.67. The monoisotopic (exact) mass is 228 g/mol. The number of benzene rings is 1. The van der Waals surface area contributed by atoms with Crippen LogP contribution < -0.4 is 0 Å². The van der Waals surface area contributed by atoms with Gasteiger partial charge in [-0.2, -0.15) is 5.26 Å². The molecule has 2 rings (SSSR count). The van der Waals surface area contributed by atoms with Crippen molar-refractivity contribution in [3.05, 3.63) is 35.4 Å². The van der Waals surface area contributed by atoms with Gasteiger partial charge in [0.25, 0.3) is 0 Å². The molecule has 0 radical (unpaired) electrons. The van der Waals surface area contributed by atoms with E-state index in [1.807, 2.05) is 0 Å². The Kier molecular flexibility index (Phi) is 4.17. The highest BCUT2D eigenvalue weighted by Gasteiger charge is 2.19. The minimum Gasteiger partial charge on any atom is -0.291 e. The van der Waals surface area contributed by atoms with Crippen LogP contribution in [-0.4, -0.2) is 24.5 Å². The Morgan fingerprint density at radius 1 is 1.24 bits per heavy atom. The third-order valence-electron chi connectivity index (χ3n) is 3.74. The van der Waals surface area contributed by atoms with Crippen LogP contribution >= 0.6 is 0 Å². The van der Waals surface area contributed by atoms with E-state index in [-0.39, 0.29) is 0 Å². The van der Waals surface area contributed by atoms with Crippen LogP contribution in [0.3, 0.4) is 0 Å². The summed E-state index contributed by atoms with van der Waals surface area (Å²) in [4.78, 5) is 2.25. The molecule has 1 aromatic rings. The van der Waals surface area contributed by atoms with Crippen LogP contribution in [0.5, 0.6) is 0 Å². The Labute approximate surface area is 104 Å². The SMILES string of the molecule is CCc1ccc(C2CCN(CC#N)CC2)cc1. The summed E-state index contributed by atoms with van der Waals surface area (Å²) in [5, 5.41) is 8.67. The van der Waals surface area contributed by atoms with E-state index in [0.29, 0.717) is 12.5 Å². The highest BCUT2D eigenvalue weighted by molar-refractivity contribution is 5.25. The second-order valence-electron chi connectivity index (χ2n) is 4.80. The lowest BCUT2D eigenvalue weighted by molar-refractivity contribution is 0.235. The van der Waals surface area contributed by atoms with Crippen LogP contribution in [0.15, 0.2) is 24.3 Å². The summed E-state index contributed by atoms with van der Waals surface area (Å²) in [6, 6.07) is 11.3. The zero-order valence-electron chi connectivity index (χ0n) is 10.5. The molecule has 0 aliphatic carbocycles. The molecule has 1 saturated heterocycles. The van der Waals surface area contributed by atoms with Gasteiger partial charge in [-0.05, 0) is 49.4 Å². The second-order valence-corrected chi connectivity index (χ2v) is 4.80. The first-order chi connectivity index (χ1) is 8.33. The van der Waals surface area contributed by atoms with E-state index in [1.54, 1.807) is 0 Å². The zero-order chi connectivity index (χ0) is 12.1. The van der Waals surface area contributed by atoms with Gasteiger partial charge in [0, 0.05) is 0 Å². The van der Waals surface area contributed by atoms with Gasteiger partial charge >= 0.3 is 0 Å². The van der Waals surface area contributed by atoms with Crippen molar-refractivity contribution in [3.63, 3.8) is 0 Å². The second kappa shape index (κ2) is 5.84. The molecule has 1 fully saturated rings. The first-order valence-electron chi connectivity index (χ1n) is 6.51. The Hall–Kier alpha value is -1.33. The number of nitriles is 1. The fourth-order valence-corrected chi connectivity index (χ4v) is 2.55. The molecule has 0 unspecified atom stereocenters. The van der Waals surface area contributed by atoms with Crippen molar-refractivity contribution in [2.75, 3.05) is 19.6 Å². The van der Waals surface area contributed by atoms with E-state index in [1.165, 1.54) is 24.0 Å². The van der Waals surface area contributed by atoms with Gasteiger partial charge < -0.3 is 0 Å². The summed E-state index contributed by atoms with van der Waals surface area (Å²) in [5.74, 6) is 0.691. The summed E-state index contributed by atoms with van der Waals surface area (Å²) in [6.07, 6.45) is 3.49. The minimum absolute atomic E-state index is 0.585. The summed E-state index contributed by atoms with van der Waals surface area (Å²) >= 11 is 0. The topological polar surface area (TPSA) is 27.0 Å². The molecule has 2 nitrogen and oxygen atoms in total. The van der Waals surface area contributed by atoms with Crippen molar-refractivity contribution in [1.29, 1.82) is 5.26 Å². The van der Waals surface area contributed by atoms with Crippen molar-refractivity contribution >= 4 is 0 Å². The molecular weight excluding hydrogens is 208 g/mol. The predicted octanol–water partition coefficient (Wildman–Crippen LogP) is 2.95. The molecule has 0 N–H and O–H groups in total. The van der Waals surface area contributed by atoms with Crippen LogP contribution in [0.4, 0.5) is 0 Å². The number of likely N-dealkylation sites (tertiary alicyclic amines) is 1. The van der Waals surface area contributed by atoms with Gasteiger partial charge in [-0.15, -0.1) is 0 Å². The molecule has 1 aliphatic heterocycles. The summed E-state index contributed by atoms with van der Waals surface area (Å²) < 4.78 is 0. The maximum Gasteiger partial charge on any atom is 0.0865 e. The Morgan fingerprint density at radius 2 is 1.88 bits per heavy atom. The number of hydrogen-bond donors (Lipinski definition) is 0. The number of piperidine rings is 1. The van der Waals surface area contributed by atoms with Gasteiger partial charge in [-0.25, -0.2) is 0 Å². The number of rotatable bonds is 3. The van der Waals surface area contributed by atoms with E-state index >= 15 is 0 Å². The van der Waals surface area contributed by atoms with Gasteiger partial charge in [-0.3, -0.25) is 4.90 Å². The number of nitrogens with zero attached hydrogens (tertiary/aromatic N) is 2. The highest BCUT2D eigenvalue weighted by atomic mass is 15.1. The van der Waals surface area contributed by atoms with Crippen molar-refractivity contribution in [2.24, 2.45) is 0 Å². The number of hydrogen-bond acceptors (Lipinski definition) is 2. The van der Waals surface area contributed by atoms with Gasteiger partial charge in [0.2, 0.25) is 0 Å². The molecule has 0 atom stereocenters. The fourth-order valence-electron chi connectivity index (χ4n) is 2.55. The summed E-state index contributed by atoms with van der Waals surface area (Å²) in [5.41, 5.74) is 2.88. The Morgan fingerprint density at radius 3 is 2.41 bits per heavy atom. The Balaban J connectivity index is 1.93. The van der Waals surface area contributed by atoms with E-state index < -0.39 is 0 Å². The first-order valence-corrected chi connectivity index (χ1v) is 6.51. The standard InChI is InChI=1S/C15H20N2/c1-2-13-3-5-14(6-4-13)15-7-10-17(11-8-15)12-9-16/h3-6,15H,2,7-8,10-12H2,1H3. The van der Waals surface area contributed by atoms with E-state index in [4.69, 9.17) is 5.26 Å². The molecule has 0 saturated carbocycles. The average molecular weight is 228 g/mol. The van der Waals surface area contributed by atoms with Gasteiger partial charge in [0.1, 0.15) is 0 Å². The van der Waals surface area contributed by atoms with Crippen LogP contribution in [0.2, 0.25) is 0 Å². The molecule has 1 aromatic carbocycles. The first kappa shape index (κ1) is 12.1. The smallest absolute Gasteiger partial charge is 0.0865 e. The molecule has 17 heavy (non-hydrogen) atoms. The third-order valence-corrected chi connectivity index (χ3v) is 3.74. The van der Waals surface area contributed by atoms with Gasteiger partial charge in [0.15, 0.2) is 0 Å². The average Bonchev–Trinajstić information content (AvgIpc) is 2.40. The molecule has 1 heterocycles. The van der Waals surface area contributed by atoms with E-state index in [9.17, 15) is 0 Å². The van der Waals surface area contributed by atoms with Crippen molar-refractivity contribution in [1.82, 2.24) is 4.90 Å². The lowest BCUT2D eigenvalue weighted by Crippen LogP contribution is -2.33. The largest absolute Gasteiger partial charge is 0.291 e. The quantitative estimate of drug-likeness (QED) is 0.744. The molecule has 0 aromatic heterocycles. The Bertz CT molecular complexity index is 380.